The zero-order valence-corrected chi connectivity index (χ0v) is 13.7. The second kappa shape index (κ2) is 6.30. The first-order valence-corrected chi connectivity index (χ1v) is 9.26. The van der Waals surface area contributed by atoms with Crippen LogP contribution < -0.4 is 5.73 Å². The van der Waals surface area contributed by atoms with Gasteiger partial charge < -0.3 is 5.73 Å². The van der Waals surface area contributed by atoms with Crippen molar-refractivity contribution in [3.63, 3.8) is 0 Å². The van der Waals surface area contributed by atoms with Crippen LogP contribution in [0, 0.1) is 5.92 Å². The van der Waals surface area contributed by atoms with Gasteiger partial charge in [0.15, 0.2) is 0 Å². The Kier molecular flexibility index (Phi) is 5.10. The van der Waals surface area contributed by atoms with Gasteiger partial charge in [-0.05, 0) is 31.6 Å². The van der Waals surface area contributed by atoms with E-state index < -0.39 is 10.2 Å². The lowest BCUT2D eigenvalue weighted by Gasteiger charge is -2.46. The van der Waals surface area contributed by atoms with E-state index in [4.69, 9.17) is 5.73 Å². The lowest BCUT2D eigenvalue weighted by Crippen LogP contribution is -2.60. The van der Waals surface area contributed by atoms with Crippen molar-refractivity contribution in [2.24, 2.45) is 11.7 Å². The van der Waals surface area contributed by atoms with Crippen molar-refractivity contribution >= 4 is 10.2 Å². The highest BCUT2D eigenvalue weighted by atomic mass is 32.2. The summed E-state index contributed by atoms with van der Waals surface area (Å²) in [4.78, 5) is 0. The molecule has 2 fully saturated rings. The molecule has 1 aliphatic carbocycles. The van der Waals surface area contributed by atoms with Crippen LogP contribution in [-0.2, 0) is 10.2 Å². The van der Waals surface area contributed by atoms with Crippen LogP contribution in [0.3, 0.4) is 0 Å². The molecule has 6 heteroatoms. The number of piperidine rings is 1. The highest BCUT2D eigenvalue weighted by molar-refractivity contribution is 7.86. The van der Waals surface area contributed by atoms with Crippen LogP contribution in [0.2, 0.25) is 0 Å². The molecule has 2 atom stereocenters. The molecule has 2 unspecified atom stereocenters. The predicted molar refractivity (Wildman–Crippen MR) is 81.5 cm³/mol. The minimum Gasteiger partial charge on any atom is -0.329 e. The molecule has 0 aromatic heterocycles. The molecule has 2 N–H and O–H groups in total. The fourth-order valence-corrected chi connectivity index (χ4v) is 5.54. The molecule has 0 aromatic carbocycles. The van der Waals surface area contributed by atoms with Gasteiger partial charge in [0.05, 0.1) is 0 Å². The molecule has 0 aromatic rings. The van der Waals surface area contributed by atoms with Crippen molar-refractivity contribution in [3.8, 4) is 0 Å². The van der Waals surface area contributed by atoms with Crippen LogP contribution in [0.15, 0.2) is 0 Å². The van der Waals surface area contributed by atoms with Crippen molar-refractivity contribution in [1.29, 1.82) is 0 Å². The standard InChI is InChI=1S/C14H29N3O2S/c1-13-7-6-8-14(11-13,12-15)16(2)20(18,19)17-9-4-3-5-10-17/h13H,3-12,15H2,1-2H3. The van der Waals surface area contributed by atoms with Gasteiger partial charge in [0.25, 0.3) is 10.2 Å². The van der Waals surface area contributed by atoms with Crippen LogP contribution >= 0.6 is 0 Å². The first-order valence-electron chi connectivity index (χ1n) is 7.86. The second-order valence-corrected chi connectivity index (χ2v) is 8.52. The van der Waals surface area contributed by atoms with Crippen molar-refractivity contribution in [1.82, 2.24) is 8.61 Å². The summed E-state index contributed by atoms with van der Waals surface area (Å²) >= 11 is 0. The molecule has 2 rings (SSSR count). The van der Waals surface area contributed by atoms with Gasteiger partial charge in [0.1, 0.15) is 0 Å². The van der Waals surface area contributed by atoms with Gasteiger partial charge >= 0.3 is 0 Å². The Morgan fingerprint density at radius 1 is 1.25 bits per heavy atom. The van der Waals surface area contributed by atoms with E-state index in [9.17, 15) is 8.42 Å². The van der Waals surface area contributed by atoms with Gasteiger partial charge in [-0.1, -0.05) is 26.2 Å². The maximum absolute atomic E-state index is 12.9. The van der Waals surface area contributed by atoms with E-state index in [1.165, 1.54) is 6.42 Å². The third-order valence-corrected chi connectivity index (χ3v) is 7.20. The molecule has 0 spiro atoms. The molecule has 20 heavy (non-hydrogen) atoms. The molecule has 5 nitrogen and oxygen atoms in total. The van der Waals surface area contributed by atoms with Crippen molar-refractivity contribution in [3.05, 3.63) is 0 Å². The topological polar surface area (TPSA) is 66.6 Å². The van der Waals surface area contributed by atoms with Crippen LogP contribution in [-0.4, -0.2) is 49.2 Å². The van der Waals surface area contributed by atoms with E-state index in [-0.39, 0.29) is 5.54 Å². The molecular weight excluding hydrogens is 274 g/mol. The van der Waals surface area contributed by atoms with Crippen LogP contribution in [0.1, 0.15) is 51.9 Å². The molecule has 2 aliphatic rings. The first-order chi connectivity index (χ1) is 9.42. The minimum atomic E-state index is -3.37. The predicted octanol–water partition coefficient (Wildman–Crippen LogP) is 1.56. The number of rotatable bonds is 4. The van der Waals surface area contributed by atoms with Crippen LogP contribution in [0.4, 0.5) is 0 Å². The number of hydrogen-bond acceptors (Lipinski definition) is 3. The van der Waals surface area contributed by atoms with Crippen molar-refractivity contribution in [2.45, 2.75) is 57.4 Å². The second-order valence-electron chi connectivity index (χ2n) is 6.56. The van der Waals surface area contributed by atoms with Crippen molar-refractivity contribution < 1.29 is 8.42 Å². The average Bonchev–Trinajstić information content (AvgIpc) is 2.47. The molecule has 0 bridgehead atoms. The fourth-order valence-electron chi connectivity index (χ4n) is 3.75. The molecule has 1 saturated heterocycles. The lowest BCUT2D eigenvalue weighted by atomic mass is 9.76. The van der Waals surface area contributed by atoms with Gasteiger partial charge in [-0.25, -0.2) is 0 Å². The summed E-state index contributed by atoms with van der Waals surface area (Å²) in [7, 11) is -1.64. The average molecular weight is 303 g/mol. The van der Waals surface area contributed by atoms with Gasteiger partial charge in [-0.15, -0.1) is 0 Å². The highest BCUT2D eigenvalue weighted by Gasteiger charge is 2.44. The summed E-state index contributed by atoms with van der Waals surface area (Å²) in [5.74, 6) is 0.548. The molecule has 0 amide bonds. The van der Waals surface area contributed by atoms with E-state index in [0.717, 1.165) is 38.5 Å². The SMILES string of the molecule is CC1CCCC(CN)(N(C)S(=O)(=O)N2CCCCC2)C1. The summed E-state index contributed by atoms with van der Waals surface area (Å²) in [6.07, 6.45) is 7.09. The smallest absolute Gasteiger partial charge is 0.282 e. The largest absolute Gasteiger partial charge is 0.329 e. The van der Waals surface area contributed by atoms with Gasteiger partial charge in [-0.2, -0.15) is 17.0 Å². The van der Waals surface area contributed by atoms with Crippen molar-refractivity contribution in [2.75, 3.05) is 26.7 Å². The fraction of sp³-hybridized carbons (Fsp3) is 1.00. The Balaban J connectivity index is 2.20. The molecule has 0 radical (unpaired) electrons. The zero-order chi connectivity index (χ0) is 14.8. The summed E-state index contributed by atoms with van der Waals surface area (Å²) in [6.45, 7) is 3.93. The van der Waals surface area contributed by atoms with E-state index in [1.54, 1.807) is 15.7 Å². The summed E-state index contributed by atoms with van der Waals surface area (Å²) in [6, 6.07) is 0. The quantitative estimate of drug-likeness (QED) is 0.857. The van der Waals surface area contributed by atoms with E-state index in [1.807, 2.05) is 0 Å². The number of likely N-dealkylation sites (N-methyl/N-ethyl adjacent to an activating group) is 1. The Morgan fingerprint density at radius 3 is 2.45 bits per heavy atom. The lowest BCUT2D eigenvalue weighted by molar-refractivity contribution is 0.119. The third-order valence-electron chi connectivity index (χ3n) is 5.10. The van der Waals surface area contributed by atoms with E-state index in [2.05, 4.69) is 6.92 Å². The molecule has 1 aliphatic heterocycles. The van der Waals surface area contributed by atoms with Crippen LogP contribution in [0.25, 0.3) is 0 Å². The summed E-state index contributed by atoms with van der Waals surface area (Å²) in [5, 5.41) is 0. The van der Waals surface area contributed by atoms with Gasteiger partial charge in [0, 0.05) is 32.2 Å². The zero-order valence-electron chi connectivity index (χ0n) is 12.8. The molecule has 118 valence electrons. The third kappa shape index (κ3) is 3.03. The Bertz CT molecular complexity index is 420. The molecular formula is C14H29N3O2S. The monoisotopic (exact) mass is 303 g/mol. The molecule has 1 heterocycles. The highest BCUT2D eigenvalue weighted by Crippen LogP contribution is 2.37. The maximum atomic E-state index is 12.9. The summed E-state index contributed by atoms with van der Waals surface area (Å²) < 4.78 is 28.9. The van der Waals surface area contributed by atoms with E-state index >= 15 is 0 Å². The Morgan fingerprint density at radius 2 is 1.90 bits per heavy atom. The Labute approximate surface area is 123 Å². The van der Waals surface area contributed by atoms with Crippen LogP contribution in [0.5, 0.6) is 0 Å². The first kappa shape index (κ1) is 16.2. The van der Waals surface area contributed by atoms with E-state index in [0.29, 0.717) is 25.6 Å². The normalized spacial score (nSPS) is 33.5. The number of hydrogen-bond donors (Lipinski definition) is 1. The summed E-state index contributed by atoms with van der Waals surface area (Å²) in [5.41, 5.74) is 5.62. The van der Waals surface area contributed by atoms with Gasteiger partial charge in [-0.3, -0.25) is 0 Å². The minimum absolute atomic E-state index is 0.381. The number of nitrogens with zero attached hydrogens (tertiary/aromatic N) is 2. The van der Waals surface area contributed by atoms with Gasteiger partial charge in [0.2, 0.25) is 0 Å². The number of nitrogens with two attached hydrogens (primary N) is 1. The maximum Gasteiger partial charge on any atom is 0.282 e. The molecule has 1 saturated carbocycles. The Hall–Kier alpha value is -0.170.